The van der Waals surface area contributed by atoms with E-state index >= 15 is 0 Å². The number of hydrogen-bond donors (Lipinski definition) is 1. The molecule has 3 nitrogen and oxygen atoms in total. The van der Waals surface area contributed by atoms with Crippen LogP contribution in [0.3, 0.4) is 0 Å². The first kappa shape index (κ1) is 11.6. The molecule has 4 heteroatoms. The lowest BCUT2D eigenvalue weighted by atomic mass is 10.2. The van der Waals surface area contributed by atoms with Crippen LogP contribution in [0.2, 0.25) is 0 Å². The number of nitrogens with two attached hydrogens (primary N) is 1. The molecule has 1 heterocycles. The van der Waals surface area contributed by atoms with E-state index in [-0.39, 0.29) is 10.8 Å². The van der Waals surface area contributed by atoms with Crippen molar-refractivity contribution in [1.82, 2.24) is 9.55 Å². The van der Waals surface area contributed by atoms with Crippen LogP contribution in [0.5, 0.6) is 0 Å². The van der Waals surface area contributed by atoms with E-state index in [0.29, 0.717) is 0 Å². The molecule has 0 aliphatic carbocycles. The van der Waals surface area contributed by atoms with Crippen molar-refractivity contribution in [3.05, 3.63) is 18.2 Å². The van der Waals surface area contributed by atoms with Crippen molar-refractivity contribution in [2.24, 2.45) is 5.73 Å². The van der Waals surface area contributed by atoms with Crippen LogP contribution in [0, 0.1) is 0 Å². The third-order valence-electron chi connectivity index (χ3n) is 2.31. The van der Waals surface area contributed by atoms with Crippen molar-refractivity contribution in [3.63, 3.8) is 0 Å². The first-order valence-electron chi connectivity index (χ1n) is 4.77. The fourth-order valence-electron chi connectivity index (χ4n) is 1.32. The summed E-state index contributed by atoms with van der Waals surface area (Å²) < 4.78 is 2.37. The number of hydrogen-bond acceptors (Lipinski definition) is 3. The van der Waals surface area contributed by atoms with Crippen LogP contribution in [0.15, 0.2) is 12.5 Å². The van der Waals surface area contributed by atoms with Gasteiger partial charge in [-0.1, -0.05) is 0 Å². The van der Waals surface area contributed by atoms with Gasteiger partial charge in [-0.3, -0.25) is 0 Å². The third kappa shape index (κ3) is 2.75. The highest BCUT2D eigenvalue weighted by Crippen LogP contribution is 2.24. The highest BCUT2D eigenvalue weighted by molar-refractivity contribution is 7.99. The van der Waals surface area contributed by atoms with Gasteiger partial charge in [0.1, 0.15) is 0 Å². The second-order valence-electron chi connectivity index (χ2n) is 4.20. The largest absolute Gasteiger partial charge is 0.332 e. The molecule has 0 aromatic carbocycles. The molecule has 1 atom stereocenters. The van der Waals surface area contributed by atoms with E-state index in [2.05, 4.69) is 29.7 Å². The first-order valence-corrected chi connectivity index (χ1v) is 5.99. The van der Waals surface area contributed by atoms with Crippen LogP contribution in [0.25, 0.3) is 0 Å². The molecule has 80 valence electrons. The maximum Gasteiger partial charge on any atom is 0.0949 e. The lowest BCUT2D eigenvalue weighted by molar-refractivity contribution is 0.537. The Morgan fingerprint density at radius 2 is 2.29 bits per heavy atom. The van der Waals surface area contributed by atoms with Crippen LogP contribution in [-0.2, 0) is 6.54 Å². The van der Waals surface area contributed by atoms with Gasteiger partial charge in [0, 0.05) is 23.5 Å². The van der Waals surface area contributed by atoms with E-state index in [4.69, 9.17) is 5.73 Å². The maximum atomic E-state index is 5.85. The van der Waals surface area contributed by atoms with Crippen molar-refractivity contribution in [2.75, 3.05) is 6.26 Å². The molecule has 2 N–H and O–H groups in total. The summed E-state index contributed by atoms with van der Waals surface area (Å²) in [5.74, 6) is 0. The summed E-state index contributed by atoms with van der Waals surface area (Å²) in [5, 5.41) is 0. The number of imidazole rings is 1. The van der Waals surface area contributed by atoms with E-state index < -0.39 is 0 Å². The zero-order valence-electron chi connectivity index (χ0n) is 9.32. The van der Waals surface area contributed by atoms with E-state index in [1.807, 2.05) is 31.2 Å². The lowest BCUT2D eigenvalue weighted by Gasteiger charge is -2.24. The van der Waals surface area contributed by atoms with Gasteiger partial charge in [-0.25, -0.2) is 4.98 Å². The summed E-state index contributed by atoms with van der Waals surface area (Å²) in [7, 11) is 0. The van der Waals surface area contributed by atoms with Gasteiger partial charge in [-0.2, -0.15) is 11.8 Å². The number of rotatable bonds is 4. The highest BCUT2D eigenvalue weighted by atomic mass is 32.2. The fourth-order valence-corrected chi connectivity index (χ4v) is 1.59. The van der Waals surface area contributed by atoms with Gasteiger partial charge in [0.15, 0.2) is 0 Å². The molecule has 0 radical (unpaired) electrons. The Balaban J connectivity index is 2.81. The summed E-state index contributed by atoms with van der Waals surface area (Å²) >= 11 is 1.86. The van der Waals surface area contributed by atoms with Crippen LogP contribution < -0.4 is 5.73 Å². The molecular weight excluding hydrogens is 194 g/mol. The normalized spacial score (nSPS) is 14.4. The Labute approximate surface area is 90.1 Å². The molecule has 0 aliphatic rings. The van der Waals surface area contributed by atoms with Gasteiger partial charge in [-0.05, 0) is 27.0 Å². The van der Waals surface area contributed by atoms with E-state index in [9.17, 15) is 0 Å². The molecule has 14 heavy (non-hydrogen) atoms. The van der Waals surface area contributed by atoms with Crippen molar-refractivity contribution < 1.29 is 0 Å². The molecular formula is C10H19N3S. The van der Waals surface area contributed by atoms with Gasteiger partial charge in [-0.15, -0.1) is 0 Å². The zero-order valence-corrected chi connectivity index (χ0v) is 10.1. The molecule has 0 spiro atoms. The fraction of sp³-hybridized carbons (Fsp3) is 0.700. The van der Waals surface area contributed by atoms with Crippen molar-refractivity contribution >= 4 is 11.8 Å². The third-order valence-corrected chi connectivity index (χ3v) is 3.55. The predicted molar refractivity (Wildman–Crippen MR) is 62.4 cm³/mol. The maximum absolute atomic E-state index is 5.85. The molecule has 0 aliphatic heterocycles. The summed E-state index contributed by atoms with van der Waals surface area (Å²) in [6.45, 7) is 7.38. The second kappa shape index (κ2) is 4.36. The summed E-state index contributed by atoms with van der Waals surface area (Å²) in [4.78, 5) is 4.14. The highest BCUT2D eigenvalue weighted by Gasteiger charge is 2.18. The second-order valence-corrected chi connectivity index (χ2v) is 5.71. The lowest BCUT2D eigenvalue weighted by Crippen LogP contribution is -2.24. The molecule has 0 amide bonds. The number of thioether (sulfide) groups is 1. The van der Waals surface area contributed by atoms with E-state index in [1.54, 1.807) is 0 Å². The average Bonchev–Trinajstić information content (AvgIpc) is 2.51. The van der Waals surface area contributed by atoms with Crippen LogP contribution in [0.1, 0.15) is 32.5 Å². The molecule has 0 saturated heterocycles. The van der Waals surface area contributed by atoms with Crippen molar-refractivity contribution in [1.29, 1.82) is 0 Å². The Bertz CT molecular complexity index is 291. The van der Waals surface area contributed by atoms with Gasteiger partial charge in [0.2, 0.25) is 0 Å². The van der Waals surface area contributed by atoms with Gasteiger partial charge >= 0.3 is 0 Å². The number of nitrogens with zero attached hydrogens (tertiary/aromatic N) is 2. The molecule has 1 unspecified atom stereocenters. The van der Waals surface area contributed by atoms with Gasteiger partial charge in [0.25, 0.3) is 0 Å². The standard InChI is InChI=1S/C10H19N3S/c1-8(11)9-5-12-7-13(9)6-10(2,3)14-4/h5,7-8H,6,11H2,1-4H3. The molecule has 0 saturated carbocycles. The molecule has 0 bridgehead atoms. The van der Waals surface area contributed by atoms with Gasteiger partial charge < -0.3 is 10.3 Å². The quantitative estimate of drug-likeness (QED) is 0.832. The Hall–Kier alpha value is -0.480. The smallest absolute Gasteiger partial charge is 0.0949 e. The average molecular weight is 213 g/mol. The summed E-state index contributed by atoms with van der Waals surface area (Å²) in [6.07, 6.45) is 5.83. The Morgan fingerprint density at radius 3 is 2.79 bits per heavy atom. The van der Waals surface area contributed by atoms with Crippen molar-refractivity contribution in [2.45, 2.75) is 38.1 Å². The monoisotopic (exact) mass is 213 g/mol. The molecule has 0 fully saturated rings. The Morgan fingerprint density at radius 1 is 1.64 bits per heavy atom. The molecule has 1 aromatic heterocycles. The minimum Gasteiger partial charge on any atom is -0.332 e. The SMILES string of the molecule is CSC(C)(C)Cn1cncc1C(C)N. The Kier molecular flexibility index (Phi) is 3.61. The predicted octanol–water partition coefficient (Wildman–Crippen LogP) is 2.04. The van der Waals surface area contributed by atoms with Crippen LogP contribution >= 0.6 is 11.8 Å². The van der Waals surface area contributed by atoms with Crippen LogP contribution in [-0.4, -0.2) is 20.6 Å². The van der Waals surface area contributed by atoms with Crippen molar-refractivity contribution in [3.8, 4) is 0 Å². The zero-order chi connectivity index (χ0) is 10.8. The minimum atomic E-state index is 0.0511. The van der Waals surface area contributed by atoms with Crippen LogP contribution in [0.4, 0.5) is 0 Å². The number of aromatic nitrogens is 2. The first-order chi connectivity index (χ1) is 6.46. The summed E-state index contributed by atoms with van der Waals surface area (Å²) in [6, 6.07) is 0.0511. The van der Waals surface area contributed by atoms with Gasteiger partial charge in [0.05, 0.1) is 12.0 Å². The molecule has 1 aromatic rings. The van der Waals surface area contributed by atoms with E-state index in [0.717, 1.165) is 12.2 Å². The molecule has 1 rings (SSSR count). The van der Waals surface area contributed by atoms with E-state index in [1.165, 1.54) is 0 Å². The summed E-state index contributed by atoms with van der Waals surface area (Å²) in [5.41, 5.74) is 6.96. The minimum absolute atomic E-state index is 0.0511. The topological polar surface area (TPSA) is 43.8 Å².